The first-order valence-electron chi connectivity index (χ1n) is 11.9. The van der Waals surface area contributed by atoms with Crippen LogP contribution in [-0.4, -0.2) is 34.6 Å². The maximum Gasteiger partial charge on any atom is 0.243 e. The van der Waals surface area contributed by atoms with Crippen molar-refractivity contribution in [3.05, 3.63) is 70.2 Å². The molecule has 6 heteroatoms. The molecule has 1 atom stereocenters. The molecule has 4 nitrogen and oxygen atoms in total. The van der Waals surface area contributed by atoms with Crippen LogP contribution in [0.4, 0.5) is 0 Å². The predicted octanol–water partition coefficient (Wildman–Crippen LogP) is 6.14. The summed E-state index contributed by atoms with van der Waals surface area (Å²) < 4.78 is 0. The molecule has 0 bridgehead atoms. The summed E-state index contributed by atoms with van der Waals surface area (Å²) >= 11 is 7.64. The van der Waals surface area contributed by atoms with Gasteiger partial charge in [0, 0.05) is 23.4 Å². The van der Waals surface area contributed by atoms with E-state index in [1.165, 1.54) is 12.0 Å². The molecule has 1 N–H and O–H groups in total. The fraction of sp³-hybridized carbons (Fsp3) is 0.481. The number of benzene rings is 2. The number of nitrogens with zero attached hydrogens (tertiary/aromatic N) is 1. The molecular weight excluding hydrogens is 452 g/mol. The number of thioether (sulfide) groups is 1. The van der Waals surface area contributed by atoms with Crippen LogP contribution >= 0.6 is 23.4 Å². The highest BCUT2D eigenvalue weighted by Gasteiger charge is 2.30. The summed E-state index contributed by atoms with van der Waals surface area (Å²) in [5.74, 6) is 0.999. The lowest BCUT2D eigenvalue weighted by molar-refractivity contribution is -0.139. The Labute approximate surface area is 207 Å². The fourth-order valence-electron chi connectivity index (χ4n) is 4.32. The molecule has 0 aliphatic heterocycles. The minimum absolute atomic E-state index is 0.00625. The Morgan fingerprint density at radius 1 is 1.09 bits per heavy atom. The van der Waals surface area contributed by atoms with E-state index in [2.05, 4.69) is 17.4 Å². The topological polar surface area (TPSA) is 49.4 Å². The van der Waals surface area contributed by atoms with Crippen molar-refractivity contribution in [2.45, 2.75) is 76.8 Å². The number of carbonyl (C=O) groups excluding carboxylic acids is 2. The van der Waals surface area contributed by atoms with Crippen LogP contribution < -0.4 is 5.32 Å². The van der Waals surface area contributed by atoms with Crippen molar-refractivity contribution in [3.8, 4) is 0 Å². The Balaban J connectivity index is 1.69. The van der Waals surface area contributed by atoms with Crippen molar-refractivity contribution in [1.29, 1.82) is 0 Å². The second kappa shape index (κ2) is 13.0. The molecule has 33 heavy (non-hydrogen) atoms. The second-order valence-corrected chi connectivity index (χ2v) is 10.3. The lowest BCUT2D eigenvalue weighted by Gasteiger charge is -2.32. The van der Waals surface area contributed by atoms with E-state index in [-0.39, 0.29) is 17.9 Å². The van der Waals surface area contributed by atoms with Crippen LogP contribution in [-0.2, 0) is 21.9 Å². The van der Waals surface area contributed by atoms with Crippen molar-refractivity contribution < 1.29 is 9.59 Å². The molecule has 1 fully saturated rings. The van der Waals surface area contributed by atoms with Gasteiger partial charge in [0.2, 0.25) is 11.8 Å². The number of hydrogen-bond donors (Lipinski definition) is 1. The molecule has 1 aliphatic rings. The van der Waals surface area contributed by atoms with Crippen molar-refractivity contribution >= 4 is 35.2 Å². The third kappa shape index (κ3) is 8.08. The van der Waals surface area contributed by atoms with Crippen LogP contribution in [0.15, 0.2) is 48.5 Å². The Hall–Kier alpha value is -1.98. The Morgan fingerprint density at radius 2 is 1.82 bits per heavy atom. The first kappa shape index (κ1) is 25.6. The summed E-state index contributed by atoms with van der Waals surface area (Å²) in [5.41, 5.74) is 3.31. The number of aryl methyl sites for hydroxylation is 1. The number of rotatable bonds is 10. The summed E-state index contributed by atoms with van der Waals surface area (Å²) in [4.78, 5) is 28.4. The maximum atomic E-state index is 13.4. The average Bonchev–Trinajstić information content (AvgIpc) is 2.81. The average molecular weight is 487 g/mol. The maximum absolute atomic E-state index is 13.4. The number of carbonyl (C=O) groups is 2. The van der Waals surface area contributed by atoms with E-state index < -0.39 is 6.04 Å². The quantitative estimate of drug-likeness (QED) is 0.439. The molecule has 0 radical (unpaired) electrons. The van der Waals surface area contributed by atoms with Gasteiger partial charge in [0.1, 0.15) is 6.04 Å². The number of halogens is 1. The standard InChI is InChI=1S/C27H35ClN2O2S/c1-3-25(27(32)29-24-10-5-4-6-11-24)30(17-21-14-12-20(2)13-15-21)26(31)19-33-18-22-8-7-9-23(28)16-22/h7-9,12-16,24-25H,3-6,10-11,17-19H2,1-2H3,(H,29,32)/t25-/m0/s1. The van der Waals surface area contributed by atoms with Gasteiger partial charge in [-0.1, -0.05) is 79.7 Å². The highest BCUT2D eigenvalue weighted by Crippen LogP contribution is 2.21. The van der Waals surface area contributed by atoms with Gasteiger partial charge >= 0.3 is 0 Å². The molecule has 0 unspecified atom stereocenters. The molecule has 178 valence electrons. The summed E-state index contributed by atoms with van der Waals surface area (Å²) in [6, 6.07) is 15.7. The van der Waals surface area contributed by atoms with Crippen LogP contribution in [0.3, 0.4) is 0 Å². The normalized spacial score (nSPS) is 15.1. The van der Waals surface area contributed by atoms with Crippen molar-refractivity contribution in [2.24, 2.45) is 0 Å². The van der Waals surface area contributed by atoms with E-state index in [0.717, 1.165) is 36.8 Å². The van der Waals surface area contributed by atoms with Crippen molar-refractivity contribution in [1.82, 2.24) is 10.2 Å². The molecule has 3 rings (SSSR count). The van der Waals surface area contributed by atoms with Gasteiger partial charge in [-0.05, 0) is 49.4 Å². The van der Waals surface area contributed by atoms with E-state index in [9.17, 15) is 9.59 Å². The number of hydrogen-bond acceptors (Lipinski definition) is 3. The SMILES string of the molecule is CC[C@@H](C(=O)NC1CCCCC1)N(Cc1ccc(C)cc1)C(=O)CSCc1cccc(Cl)c1. The van der Waals surface area contributed by atoms with Crippen LogP contribution in [0.25, 0.3) is 0 Å². The van der Waals surface area contributed by atoms with Gasteiger partial charge in [-0.2, -0.15) is 0 Å². The minimum atomic E-state index is -0.465. The van der Waals surface area contributed by atoms with E-state index in [1.807, 2.05) is 50.2 Å². The van der Waals surface area contributed by atoms with E-state index >= 15 is 0 Å². The van der Waals surface area contributed by atoms with Gasteiger partial charge in [0.25, 0.3) is 0 Å². The van der Waals surface area contributed by atoms with Gasteiger partial charge in [0.15, 0.2) is 0 Å². The summed E-state index contributed by atoms with van der Waals surface area (Å²) in [6.45, 7) is 4.47. The van der Waals surface area contributed by atoms with Crippen LogP contribution in [0.2, 0.25) is 5.02 Å². The summed E-state index contributed by atoms with van der Waals surface area (Å²) in [6.07, 6.45) is 6.22. The molecule has 2 aromatic carbocycles. The molecule has 0 heterocycles. The van der Waals surface area contributed by atoms with E-state index in [0.29, 0.717) is 29.5 Å². The van der Waals surface area contributed by atoms with Gasteiger partial charge in [0.05, 0.1) is 5.75 Å². The summed E-state index contributed by atoms with van der Waals surface area (Å²) in [5, 5.41) is 3.93. The molecule has 0 saturated heterocycles. The van der Waals surface area contributed by atoms with Crippen molar-refractivity contribution in [3.63, 3.8) is 0 Å². The van der Waals surface area contributed by atoms with Crippen LogP contribution in [0.5, 0.6) is 0 Å². The zero-order valence-corrected chi connectivity index (χ0v) is 21.3. The molecule has 2 amide bonds. The molecule has 1 saturated carbocycles. The molecule has 1 aliphatic carbocycles. The smallest absolute Gasteiger partial charge is 0.243 e. The van der Waals surface area contributed by atoms with Gasteiger partial charge in [-0.15, -0.1) is 11.8 Å². The highest BCUT2D eigenvalue weighted by atomic mass is 35.5. The molecule has 2 aromatic rings. The number of amides is 2. The predicted molar refractivity (Wildman–Crippen MR) is 138 cm³/mol. The monoisotopic (exact) mass is 486 g/mol. The first-order valence-corrected chi connectivity index (χ1v) is 13.5. The van der Waals surface area contributed by atoms with Crippen LogP contribution in [0.1, 0.15) is 62.1 Å². The van der Waals surface area contributed by atoms with Gasteiger partial charge in [-0.3, -0.25) is 9.59 Å². The lowest BCUT2D eigenvalue weighted by atomic mass is 9.95. The largest absolute Gasteiger partial charge is 0.352 e. The van der Waals surface area contributed by atoms with Gasteiger partial charge < -0.3 is 10.2 Å². The Kier molecular flexibility index (Phi) is 10.1. The van der Waals surface area contributed by atoms with Gasteiger partial charge in [-0.25, -0.2) is 0 Å². The van der Waals surface area contributed by atoms with Crippen LogP contribution in [0, 0.1) is 6.92 Å². The Bertz CT molecular complexity index is 913. The third-order valence-electron chi connectivity index (χ3n) is 6.19. The lowest BCUT2D eigenvalue weighted by Crippen LogP contribution is -2.52. The summed E-state index contributed by atoms with van der Waals surface area (Å²) in [7, 11) is 0. The minimum Gasteiger partial charge on any atom is -0.352 e. The Morgan fingerprint density at radius 3 is 2.48 bits per heavy atom. The third-order valence-corrected chi connectivity index (χ3v) is 7.42. The zero-order valence-electron chi connectivity index (χ0n) is 19.7. The second-order valence-electron chi connectivity index (χ2n) is 8.90. The molecule has 0 aromatic heterocycles. The zero-order chi connectivity index (χ0) is 23.6. The first-order chi connectivity index (χ1) is 16.0. The fourth-order valence-corrected chi connectivity index (χ4v) is 5.39. The van der Waals surface area contributed by atoms with E-state index in [4.69, 9.17) is 11.6 Å². The molecule has 0 spiro atoms. The van der Waals surface area contributed by atoms with Crippen molar-refractivity contribution in [2.75, 3.05) is 5.75 Å². The number of nitrogens with one attached hydrogen (secondary N) is 1. The highest BCUT2D eigenvalue weighted by molar-refractivity contribution is 7.99. The molecular formula is C27H35ClN2O2S. The van der Waals surface area contributed by atoms with E-state index in [1.54, 1.807) is 16.7 Å².